The number of urea groups is 1. The molecule has 0 saturated heterocycles. The molecule has 0 rings (SSSR count). The predicted octanol–water partition coefficient (Wildman–Crippen LogP) is 0.773. The Morgan fingerprint density at radius 3 is 2.29 bits per heavy atom. The fourth-order valence-electron chi connectivity index (χ4n) is 1.21. The van der Waals surface area contributed by atoms with Gasteiger partial charge in [0.1, 0.15) is 6.04 Å². The molecule has 0 spiro atoms. The Morgan fingerprint density at radius 1 is 1.41 bits per heavy atom. The van der Waals surface area contributed by atoms with Crippen molar-refractivity contribution in [1.29, 1.82) is 0 Å². The van der Waals surface area contributed by atoms with Gasteiger partial charge in [0.2, 0.25) is 0 Å². The van der Waals surface area contributed by atoms with Crippen LogP contribution in [0.3, 0.4) is 0 Å². The van der Waals surface area contributed by atoms with Gasteiger partial charge in [-0.05, 0) is 5.41 Å². The summed E-state index contributed by atoms with van der Waals surface area (Å²) in [4.78, 5) is 24.2. The van der Waals surface area contributed by atoms with E-state index in [4.69, 9.17) is 9.84 Å². The summed E-state index contributed by atoms with van der Waals surface area (Å²) in [6.45, 7) is 6.12. The maximum Gasteiger partial charge on any atom is 0.326 e. The molecule has 0 aromatic heterocycles. The summed E-state index contributed by atoms with van der Waals surface area (Å²) >= 11 is 0. The lowest BCUT2D eigenvalue weighted by Crippen LogP contribution is -2.52. The second-order valence-corrected chi connectivity index (χ2v) is 5.00. The number of hydrogen-bond donors (Lipinski definition) is 2. The number of ether oxygens (including phenoxy) is 1. The van der Waals surface area contributed by atoms with Crippen LogP contribution in [0.2, 0.25) is 0 Å². The highest BCUT2D eigenvalue weighted by Gasteiger charge is 2.33. The van der Waals surface area contributed by atoms with Crippen LogP contribution in [0, 0.1) is 5.41 Å². The highest BCUT2D eigenvalue weighted by Crippen LogP contribution is 2.19. The van der Waals surface area contributed by atoms with Gasteiger partial charge in [0.25, 0.3) is 0 Å². The van der Waals surface area contributed by atoms with E-state index < -0.39 is 23.5 Å². The number of carboxylic acid groups (broad SMARTS) is 1. The molecule has 0 aliphatic carbocycles. The summed E-state index contributed by atoms with van der Waals surface area (Å²) < 4.78 is 4.84. The third-order valence-corrected chi connectivity index (χ3v) is 2.36. The van der Waals surface area contributed by atoms with Crippen LogP contribution in [0.5, 0.6) is 0 Å². The van der Waals surface area contributed by atoms with Gasteiger partial charge in [-0.3, -0.25) is 0 Å². The van der Waals surface area contributed by atoms with Crippen molar-refractivity contribution in [2.24, 2.45) is 5.41 Å². The van der Waals surface area contributed by atoms with Crippen molar-refractivity contribution < 1.29 is 19.4 Å². The molecule has 0 aliphatic rings. The Balaban J connectivity index is 4.47. The van der Waals surface area contributed by atoms with Crippen molar-refractivity contribution in [3.63, 3.8) is 0 Å². The molecule has 0 fully saturated rings. The van der Waals surface area contributed by atoms with Crippen LogP contribution in [0.25, 0.3) is 0 Å². The summed E-state index contributed by atoms with van der Waals surface area (Å²) in [5.74, 6) is -1.04. The zero-order chi connectivity index (χ0) is 13.6. The minimum Gasteiger partial charge on any atom is -0.480 e. The Morgan fingerprint density at radius 2 is 1.94 bits per heavy atom. The van der Waals surface area contributed by atoms with E-state index in [1.54, 1.807) is 34.9 Å². The fourth-order valence-corrected chi connectivity index (χ4v) is 1.21. The van der Waals surface area contributed by atoms with Gasteiger partial charge in [-0.2, -0.15) is 0 Å². The molecule has 1 atom stereocenters. The first-order chi connectivity index (χ1) is 7.70. The molecule has 0 unspecified atom stereocenters. The van der Waals surface area contributed by atoms with Gasteiger partial charge < -0.3 is 20.1 Å². The first kappa shape index (κ1) is 15.7. The number of nitrogens with one attached hydrogen (secondary N) is 1. The van der Waals surface area contributed by atoms with Crippen LogP contribution in [0.4, 0.5) is 4.79 Å². The molecule has 0 aromatic rings. The zero-order valence-corrected chi connectivity index (χ0v) is 11.1. The lowest BCUT2D eigenvalue weighted by Gasteiger charge is -2.29. The van der Waals surface area contributed by atoms with E-state index in [2.05, 4.69) is 5.32 Å². The average Bonchev–Trinajstić information content (AvgIpc) is 2.19. The zero-order valence-electron chi connectivity index (χ0n) is 11.1. The van der Waals surface area contributed by atoms with E-state index in [1.807, 2.05) is 0 Å². The number of methoxy groups -OCH3 is 1. The Hall–Kier alpha value is -1.30. The molecule has 0 aliphatic heterocycles. The molecule has 0 radical (unpaired) electrons. The van der Waals surface area contributed by atoms with E-state index in [0.717, 1.165) is 0 Å². The average molecular weight is 246 g/mol. The highest BCUT2D eigenvalue weighted by molar-refractivity contribution is 5.83. The lowest BCUT2D eigenvalue weighted by atomic mass is 9.87. The number of carbonyl (C=O) groups is 2. The van der Waals surface area contributed by atoms with Crippen LogP contribution >= 0.6 is 0 Å². The number of aliphatic carboxylic acids is 1. The third-order valence-electron chi connectivity index (χ3n) is 2.36. The Kier molecular flexibility index (Phi) is 5.95. The van der Waals surface area contributed by atoms with Crippen molar-refractivity contribution in [2.75, 3.05) is 27.3 Å². The van der Waals surface area contributed by atoms with Crippen molar-refractivity contribution in [2.45, 2.75) is 26.8 Å². The lowest BCUT2D eigenvalue weighted by molar-refractivity contribution is -0.142. The van der Waals surface area contributed by atoms with E-state index in [1.165, 1.54) is 4.90 Å². The van der Waals surface area contributed by atoms with E-state index in [9.17, 15) is 9.59 Å². The topological polar surface area (TPSA) is 78.9 Å². The van der Waals surface area contributed by atoms with Gasteiger partial charge in [0, 0.05) is 20.7 Å². The number of hydrogen-bond acceptors (Lipinski definition) is 3. The van der Waals surface area contributed by atoms with Crippen LogP contribution in [-0.4, -0.2) is 55.4 Å². The van der Waals surface area contributed by atoms with Crippen LogP contribution < -0.4 is 5.32 Å². The second kappa shape index (κ2) is 6.44. The number of amides is 2. The van der Waals surface area contributed by atoms with Crippen LogP contribution in [-0.2, 0) is 9.53 Å². The first-order valence-corrected chi connectivity index (χ1v) is 5.43. The summed E-state index contributed by atoms with van der Waals surface area (Å²) in [6.07, 6.45) is 0. The molecule has 6 nitrogen and oxygen atoms in total. The number of likely N-dealkylation sites (N-methyl/N-ethyl adjacent to an activating group) is 1. The standard InChI is InChI=1S/C11H22N2O4/c1-11(2,3)8(9(14)15)12-10(16)13(4)6-7-17-5/h8H,6-7H2,1-5H3,(H,12,16)(H,14,15)/t8-/m1/s1. The molecular weight excluding hydrogens is 224 g/mol. The van der Waals surface area contributed by atoms with Gasteiger partial charge >= 0.3 is 12.0 Å². The Labute approximate surface area is 102 Å². The van der Waals surface area contributed by atoms with Crippen LogP contribution in [0.1, 0.15) is 20.8 Å². The molecule has 0 saturated carbocycles. The predicted molar refractivity (Wildman–Crippen MR) is 63.9 cm³/mol. The van der Waals surface area contributed by atoms with Crippen molar-refractivity contribution in [1.82, 2.24) is 10.2 Å². The maximum atomic E-state index is 11.7. The minimum atomic E-state index is -1.04. The summed E-state index contributed by atoms with van der Waals surface area (Å²) in [6, 6.07) is -1.33. The molecule has 17 heavy (non-hydrogen) atoms. The smallest absolute Gasteiger partial charge is 0.326 e. The van der Waals surface area contributed by atoms with E-state index in [0.29, 0.717) is 13.2 Å². The molecule has 2 N–H and O–H groups in total. The van der Waals surface area contributed by atoms with Crippen molar-refractivity contribution in [3.05, 3.63) is 0 Å². The molecule has 100 valence electrons. The quantitative estimate of drug-likeness (QED) is 0.751. The summed E-state index contributed by atoms with van der Waals surface area (Å²) in [5.41, 5.74) is -0.538. The molecule has 6 heteroatoms. The van der Waals surface area contributed by atoms with Gasteiger partial charge in [0.15, 0.2) is 0 Å². The third kappa shape index (κ3) is 5.53. The van der Waals surface area contributed by atoms with Gasteiger partial charge in [-0.15, -0.1) is 0 Å². The minimum absolute atomic E-state index is 0.413. The number of rotatable bonds is 5. The van der Waals surface area contributed by atoms with Crippen molar-refractivity contribution in [3.8, 4) is 0 Å². The normalized spacial score (nSPS) is 13.0. The second-order valence-electron chi connectivity index (χ2n) is 5.00. The van der Waals surface area contributed by atoms with E-state index >= 15 is 0 Å². The molecule has 0 heterocycles. The number of carbonyl (C=O) groups excluding carboxylic acids is 1. The number of nitrogens with zero attached hydrogens (tertiary/aromatic N) is 1. The molecule has 0 bridgehead atoms. The van der Waals surface area contributed by atoms with Gasteiger partial charge in [-0.1, -0.05) is 20.8 Å². The SMILES string of the molecule is COCCN(C)C(=O)N[C@H](C(=O)O)C(C)(C)C. The van der Waals surface area contributed by atoms with E-state index in [-0.39, 0.29) is 0 Å². The highest BCUT2D eigenvalue weighted by atomic mass is 16.5. The van der Waals surface area contributed by atoms with Crippen LogP contribution in [0.15, 0.2) is 0 Å². The van der Waals surface area contributed by atoms with Gasteiger partial charge in [-0.25, -0.2) is 9.59 Å². The first-order valence-electron chi connectivity index (χ1n) is 5.43. The molecule has 0 aromatic carbocycles. The monoisotopic (exact) mass is 246 g/mol. The van der Waals surface area contributed by atoms with Gasteiger partial charge in [0.05, 0.1) is 6.61 Å². The largest absolute Gasteiger partial charge is 0.480 e. The molecular formula is C11H22N2O4. The number of carboxylic acids is 1. The maximum absolute atomic E-state index is 11.7. The summed E-state index contributed by atoms with van der Waals surface area (Å²) in [5, 5.41) is 11.6. The molecule has 2 amide bonds. The summed E-state index contributed by atoms with van der Waals surface area (Å²) in [7, 11) is 3.14. The van der Waals surface area contributed by atoms with Crippen molar-refractivity contribution >= 4 is 12.0 Å². The Bertz CT molecular complexity index is 273. The fraction of sp³-hybridized carbons (Fsp3) is 0.818.